The fraction of sp³-hybridized carbons (Fsp3) is 0.400. The first-order chi connectivity index (χ1) is 11.2. The van der Waals surface area contributed by atoms with Crippen molar-refractivity contribution in [2.24, 2.45) is 5.73 Å². The highest BCUT2D eigenvalue weighted by molar-refractivity contribution is 5.77. The van der Waals surface area contributed by atoms with Gasteiger partial charge in [0.25, 0.3) is 0 Å². The van der Waals surface area contributed by atoms with Gasteiger partial charge in [0.1, 0.15) is 5.78 Å². The van der Waals surface area contributed by atoms with E-state index in [1.807, 2.05) is 37.4 Å². The summed E-state index contributed by atoms with van der Waals surface area (Å²) in [5, 5.41) is 0. The maximum absolute atomic E-state index is 11.3. The number of benzene rings is 1. The molecule has 2 aromatic rings. The molecule has 2 N–H and O–H groups in total. The number of pyridine rings is 1. The Hall–Kier alpha value is -2.00. The molecular formula is C20H26N2O. The SMILES string of the molecule is CCC(=O)CCCCC[C@H](N)c1cc(-c2ccccc2)ccn1. The monoisotopic (exact) mass is 310 g/mol. The number of nitrogens with zero attached hydrogens (tertiary/aromatic N) is 1. The first-order valence-corrected chi connectivity index (χ1v) is 8.49. The van der Waals surface area contributed by atoms with Gasteiger partial charge in [0, 0.05) is 25.1 Å². The van der Waals surface area contributed by atoms with Crippen LogP contribution < -0.4 is 5.73 Å². The Morgan fingerprint density at radius 3 is 2.61 bits per heavy atom. The summed E-state index contributed by atoms with van der Waals surface area (Å²) in [6, 6.07) is 14.3. The maximum Gasteiger partial charge on any atom is 0.132 e. The van der Waals surface area contributed by atoms with E-state index in [0.717, 1.165) is 36.9 Å². The Morgan fingerprint density at radius 2 is 1.87 bits per heavy atom. The molecule has 23 heavy (non-hydrogen) atoms. The Labute approximate surface area is 138 Å². The maximum atomic E-state index is 11.3. The minimum atomic E-state index is -0.0412. The van der Waals surface area contributed by atoms with Gasteiger partial charge < -0.3 is 5.73 Å². The Kier molecular flexibility index (Phi) is 6.95. The van der Waals surface area contributed by atoms with E-state index in [-0.39, 0.29) is 6.04 Å². The summed E-state index contributed by atoms with van der Waals surface area (Å²) in [4.78, 5) is 15.7. The molecule has 3 nitrogen and oxygen atoms in total. The lowest BCUT2D eigenvalue weighted by Crippen LogP contribution is -2.12. The van der Waals surface area contributed by atoms with Gasteiger partial charge >= 0.3 is 0 Å². The molecule has 0 aliphatic rings. The summed E-state index contributed by atoms with van der Waals surface area (Å²) in [6.07, 6.45) is 7.15. The Morgan fingerprint density at radius 1 is 1.09 bits per heavy atom. The lowest BCUT2D eigenvalue weighted by Gasteiger charge is -2.12. The van der Waals surface area contributed by atoms with Gasteiger partial charge in [-0.2, -0.15) is 0 Å². The van der Waals surface area contributed by atoms with Crippen molar-refractivity contribution in [2.75, 3.05) is 0 Å². The Bertz CT molecular complexity index is 610. The molecule has 1 aromatic heterocycles. The van der Waals surface area contributed by atoms with E-state index in [4.69, 9.17) is 5.73 Å². The van der Waals surface area contributed by atoms with Crippen molar-refractivity contribution in [1.29, 1.82) is 0 Å². The first-order valence-electron chi connectivity index (χ1n) is 8.49. The predicted octanol–water partition coefficient (Wildman–Crippen LogP) is 4.68. The smallest absolute Gasteiger partial charge is 0.132 e. The molecule has 0 bridgehead atoms. The average molecular weight is 310 g/mol. The number of carbonyl (C=O) groups is 1. The zero-order valence-electron chi connectivity index (χ0n) is 13.9. The average Bonchev–Trinajstić information content (AvgIpc) is 2.62. The van der Waals surface area contributed by atoms with E-state index < -0.39 is 0 Å². The molecule has 0 radical (unpaired) electrons. The van der Waals surface area contributed by atoms with Crippen LogP contribution in [0.3, 0.4) is 0 Å². The minimum Gasteiger partial charge on any atom is -0.323 e. The molecule has 1 heterocycles. The highest BCUT2D eigenvalue weighted by Crippen LogP contribution is 2.23. The molecule has 0 aliphatic heterocycles. The fourth-order valence-corrected chi connectivity index (χ4v) is 2.65. The van der Waals surface area contributed by atoms with Crippen LogP contribution in [0.2, 0.25) is 0 Å². The number of ketones is 1. The molecule has 0 unspecified atom stereocenters. The molecule has 0 spiro atoms. The van der Waals surface area contributed by atoms with Crippen LogP contribution >= 0.6 is 0 Å². The van der Waals surface area contributed by atoms with Crippen LogP contribution in [0.25, 0.3) is 11.1 Å². The normalized spacial score (nSPS) is 12.1. The van der Waals surface area contributed by atoms with Crippen molar-refractivity contribution in [3.05, 3.63) is 54.4 Å². The number of rotatable bonds is 9. The highest BCUT2D eigenvalue weighted by atomic mass is 16.1. The van der Waals surface area contributed by atoms with Gasteiger partial charge in [0.2, 0.25) is 0 Å². The number of aromatic nitrogens is 1. The Balaban J connectivity index is 1.85. The fourth-order valence-electron chi connectivity index (χ4n) is 2.65. The van der Waals surface area contributed by atoms with Crippen LogP contribution in [0.5, 0.6) is 0 Å². The van der Waals surface area contributed by atoms with Gasteiger partial charge in [0.05, 0.1) is 5.69 Å². The topological polar surface area (TPSA) is 56.0 Å². The van der Waals surface area contributed by atoms with E-state index in [9.17, 15) is 4.79 Å². The lowest BCUT2D eigenvalue weighted by atomic mass is 10.0. The third-order valence-electron chi connectivity index (χ3n) is 4.13. The third kappa shape index (κ3) is 5.61. The van der Waals surface area contributed by atoms with Crippen molar-refractivity contribution in [1.82, 2.24) is 4.98 Å². The van der Waals surface area contributed by atoms with Gasteiger partial charge in [-0.05, 0) is 36.1 Å². The number of carbonyl (C=O) groups excluding carboxylic acids is 1. The molecule has 0 amide bonds. The second-order valence-corrected chi connectivity index (χ2v) is 5.93. The zero-order chi connectivity index (χ0) is 16.5. The van der Waals surface area contributed by atoms with Crippen LogP contribution in [0.15, 0.2) is 48.7 Å². The molecule has 1 aromatic carbocycles. The van der Waals surface area contributed by atoms with Crippen molar-refractivity contribution < 1.29 is 4.79 Å². The first kappa shape index (κ1) is 17.4. The molecule has 3 heteroatoms. The summed E-state index contributed by atoms with van der Waals surface area (Å²) in [6.45, 7) is 1.92. The van der Waals surface area contributed by atoms with Crippen molar-refractivity contribution >= 4 is 5.78 Å². The van der Waals surface area contributed by atoms with E-state index in [0.29, 0.717) is 18.6 Å². The number of hydrogen-bond donors (Lipinski definition) is 1. The van der Waals surface area contributed by atoms with Crippen LogP contribution in [0, 0.1) is 0 Å². The second kappa shape index (κ2) is 9.21. The molecule has 2 rings (SSSR count). The summed E-state index contributed by atoms with van der Waals surface area (Å²) in [5.41, 5.74) is 9.56. The third-order valence-corrected chi connectivity index (χ3v) is 4.13. The highest BCUT2D eigenvalue weighted by Gasteiger charge is 2.09. The lowest BCUT2D eigenvalue weighted by molar-refractivity contribution is -0.118. The molecule has 0 aliphatic carbocycles. The number of Topliss-reactive ketones (excluding diaryl/α,β-unsaturated/α-hetero) is 1. The van der Waals surface area contributed by atoms with Gasteiger partial charge in [-0.1, -0.05) is 50.1 Å². The number of nitrogens with two attached hydrogens (primary N) is 1. The van der Waals surface area contributed by atoms with Crippen LogP contribution in [0.1, 0.15) is 57.2 Å². The molecule has 0 saturated heterocycles. The van der Waals surface area contributed by atoms with Crippen LogP contribution in [-0.2, 0) is 4.79 Å². The van der Waals surface area contributed by atoms with Gasteiger partial charge in [0.15, 0.2) is 0 Å². The van der Waals surface area contributed by atoms with E-state index in [1.165, 1.54) is 5.56 Å². The van der Waals surface area contributed by atoms with Gasteiger partial charge in [-0.3, -0.25) is 9.78 Å². The zero-order valence-corrected chi connectivity index (χ0v) is 13.9. The summed E-state index contributed by atoms with van der Waals surface area (Å²) < 4.78 is 0. The molecule has 0 saturated carbocycles. The van der Waals surface area contributed by atoms with Crippen LogP contribution in [0.4, 0.5) is 0 Å². The minimum absolute atomic E-state index is 0.0412. The molecular weight excluding hydrogens is 284 g/mol. The standard InChI is InChI=1S/C20H26N2O/c1-2-18(23)11-7-4-8-12-19(21)20-15-17(13-14-22-20)16-9-5-3-6-10-16/h3,5-6,9-10,13-15,19H,2,4,7-8,11-12,21H2,1H3/t19-/m0/s1. The van der Waals surface area contributed by atoms with E-state index >= 15 is 0 Å². The van der Waals surface area contributed by atoms with Crippen molar-refractivity contribution in [3.63, 3.8) is 0 Å². The van der Waals surface area contributed by atoms with E-state index in [2.05, 4.69) is 23.2 Å². The van der Waals surface area contributed by atoms with E-state index in [1.54, 1.807) is 0 Å². The molecule has 0 fully saturated rings. The summed E-state index contributed by atoms with van der Waals surface area (Å²) in [7, 11) is 0. The number of unbranched alkanes of at least 4 members (excludes halogenated alkanes) is 2. The summed E-state index contributed by atoms with van der Waals surface area (Å²) >= 11 is 0. The largest absolute Gasteiger partial charge is 0.323 e. The quantitative estimate of drug-likeness (QED) is 0.684. The number of hydrogen-bond acceptors (Lipinski definition) is 3. The van der Waals surface area contributed by atoms with Crippen molar-refractivity contribution in [3.8, 4) is 11.1 Å². The van der Waals surface area contributed by atoms with Gasteiger partial charge in [-0.25, -0.2) is 0 Å². The van der Waals surface area contributed by atoms with Crippen molar-refractivity contribution in [2.45, 2.75) is 51.5 Å². The second-order valence-electron chi connectivity index (χ2n) is 5.93. The molecule has 1 atom stereocenters. The predicted molar refractivity (Wildman–Crippen MR) is 95.0 cm³/mol. The summed E-state index contributed by atoms with van der Waals surface area (Å²) in [5.74, 6) is 0.353. The van der Waals surface area contributed by atoms with Gasteiger partial charge in [-0.15, -0.1) is 0 Å². The van der Waals surface area contributed by atoms with Crippen LogP contribution in [-0.4, -0.2) is 10.8 Å². The molecule has 122 valence electrons.